The molecule has 3 aliphatic rings. The second-order valence-electron chi connectivity index (χ2n) is 10.1. The Hall–Kier alpha value is -3.61. The van der Waals surface area contributed by atoms with Crippen molar-refractivity contribution in [1.82, 2.24) is 0 Å². The zero-order chi connectivity index (χ0) is 25.2. The van der Waals surface area contributed by atoms with Crippen LogP contribution in [0, 0.1) is 16.0 Å². The number of carbonyl (C=O) groups excluding carboxylic acids is 2. The zero-order valence-corrected chi connectivity index (χ0v) is 20.4. The summed E-state index contributed by atoms with van der Waals surface area (Å²) in [5.74, 6) is -1.67. The van der Waals surface area contributed by atoms with Gasteiger partial charge in [0.25, 0.3) is 5.69 Å². The lowest BCUT2D eigenvalue weighted by Crippen LogP contribution is -2.39. The van der Waals surface area contributed by atoms with E-state index in [0.29, 0.717) is 35.4 Å². The van der Waals surface area contributed by atoms with Crippen LogP contribution >= 0.6 is 0 Å². The molecule has 0 radical (unpaired) electrons. The topological polar surface area (TPSA) is 98.9 Å². The van der Waals surface area contributed by atoms with Crippen molar-refractivity contribution >= 4 is 23.2 Å². The lowest BCUT2D eigenvalue weighted by atomic mass is 9.69. The molecular weight excluding hydrogens is 456 g/mol. The van der Waals surface area contributed by atoms with Gasteiger partial charge in [-0.2, -0.15) is 0 Å². The Kier molecular flexibility index (Phi) is 6.81. The van der Waals surface area contributed by atoms with E-state index >= 15 is 0 Å². The van der Waals surface area contributed by atoms with Crippen LogP contribution in [-0.2, 0) is 14.3 Å². The first-order valence-corrected chi connectivity index (χ1v) is 12.7. The van der Waals surface area contributed by atoms with Gasteiger partial charge in [0.15, 0.2) is 5.78 Å². The van der Waals surface area contributed by atoms with Gasteiger partial charge >= 0.3 is 5.97 Å². The fourth-order valence-electron chi connectivity index (χ4n) is 5.91. The van der Waals surface area contributed by atoms with E-state index < -0.39 is 16.8 Å². The number of hydrogen-bond donors (Lipinski definition) is 0. The van der Waals surface area contributed by atoms with Gasteiger partial charge in [-0.15, -0.1) is 0 Å². The largest absolute Gasteiger partial charge is 0.462 e. The monoisotopic (exact) mass is 486 g/mol. The third-order valence-corrected chi connectivity index (χ3v) is 7.71. The molecule has 1 aliphatic heterocycles. The first-order valence-electron chi connectivity index (χ1n) is 12.7. The Balaban J connectivity index is 1.53. The van der Waals surface area contributed by atoms with E-state index in [2.05, 4.69) is 0 Å². The molecule has 186 valence electrons. The van der Waals surface area contributed by atoms with Gasteiger partial charge in [-0.05, 0) is 56.1 Å². The van der Waals surface area contributed by atoms with Gasteiger partial charge in [-0.3, -0.25) is 24.7 Å². The maximum absolute atomic E-state index is 13.6. The summed E-state index contributed by atoms with van der Waals surface area (Å²) in [7, 11) is 0. The van der Waals surface area contributed by atoms with Crippen molar-refractivity contribution in [3.8, 4) is 0 Å². The molecule has 1 fully saturated rings. The Bertz CT molecular complexity index is 1230. The maximum atomic E-state index is 13.6. The number of Topliss-reactive ketones (excluding diaryl/α,β-unsaturated/α-hetero) is 1. The van der Waals surface area contributed by atoms with Gasteiger partial charge in [0.1, 0.15) is 12.0 Å². The van der Waals surface area contributed by atoms with Crippen LogP contribution in [0.4, 0.5) is 5.69 Å². The summed E-state index contributed by atoms with van der Waals surface area (Å²) in [6.07, 6.45) is 5.76. The summed E-state index contributed by atoms with van der Waals surface area (Å²) in [6, 6.07) is 16.1. The van der Waals surface area contributed by atoms with Gasteiger partial charge in [0.2, 0.25) is 0 Å². The highest BCUT2D eigenvalue weighted by Crippen LogP contribution is 2.47. The van der Waals surface area contributed by atoms with Crippen LogP contribution in [0.15, 0.2) is 70.9 Å². The zero-order valence-electron chi connectivity index (χ0n) is 20.4. The highest BCUT2D eigenvalue weighted by molar-refractivity contribution is 6.09. The average molecular weight is 487 g/mol. The molecule has 7 nitrogen and oxygen atoms in total. The molecule has 3 atom stereocenters. The van der Waals surface area contributed by atoms with Crippen molar-refractivity contribution in [2.45, 2.75) is 69.8 Å². The van der Waals surface area contributed by atoms with Crippen molar-refractivity contribution in [3.63, 3.8) is 0 Å². The molecular formula is C29H30N2O5. The fraction of sp³-hybridized carbons (Fsp3) is 0.414. The molecule has 1 heterocycles. The van der Waals surface area contributed by atoms with E-state index in [1.54, 1.807) is 12.1 Å². The van der Waals surface area contributed by atoms with Crippen LogP contribution in [0.1, 0.15) is 74.8 Å². The normalized spacial score (nSPS) is 24.6. The lowest BCUT2D eigenvalue weighted by molar-refractivity contribution is -0.384. The molecule has 0 spiro atoms. The summed E-state index contributed by atoms with van der Waals surface area (Å²) in [5, 5.41) is 11.2. The first kappa shape index (κ1) is 24.1. The summed E-state index contributed by atoms with van der Waals surface area (Å²) in [6.45, 7) is 1.82. The number of nitro groups is 1. The van der Waals surface area contributed by atoms with E-state index in [-0.39, 0.29) is 29.5 Å². The Labute approximate surface area is 210 Å². The molecule has 1 unspecified atom stereocenters. The molecule has 0 saturated heterocycles. The van der Waals surface area contributed by atoms with Crippen LogP contribution in [0.2, 0.25) is 0 Å². The molecule has 2 aliphatic carbocycles. The SMILES string of the molecule is CC1=NC2=C(C(=O)C[C@@H](c3ccccc3)C2)[C@@H](c2ccc([N+](=O)[O-])cc2)C1C(=O)OC1CCCCC1. The number of non-ortho nitro benzene ring substituents is 1. The molecule has 2 aromatic rings. The van der Waals surface area contributed by atoms with E-state index in [4.69, 9.17) is 9.73 Å². The summed E-state index contributed by atoms with van der Waals surface area (Å²) >= 11 is 0. The average Bonchev–Trinajstić information content (AvgIpc) is 2.89. The molecule has 5 rings (SSSR count). The number of hydrogen-bond acceptors (Lipinski definition) is 6. The maximum Gasteiger partial charge on any atom is 0.315 e. The number of nitro benzene ring substituents is 1. The highest BCUT2D eigenvalue weighted by Gasteiger charge is 2.45. The summed E-state index contributed by atoms with van der Waals surface area (Å²) in [4.78, 5) is 42.8. The molecule has 0 aromatic heterocycles. The molecule has 1 saturated carbocycles. The van der Waals surface area contributed by atoms with Crippen molar-refractivity contribution < 1.29 is 19.2 Å². The van der Waals surface area contributed by atoms with E-state index in [9.17, 15) is 19.7 Å². The highest BCUT2D eigenvalue weighted by atomic mass is 16.6. The van der Waals surface area contributed by atoms with Gasteiger partial charge in [-0.25, -0.2) is 0 Å². The van der Waals surface area contributed by atoms with Crippen molar-refractivity contribution in [2.75, 3.05) is 0 Å². The number of ether oxygens (including phenoxy) is 1. The minimum absolute atomic E-state index is 0.0252. The quantitative estimate of drug-likeness (QED) is 0.291. The van der Waals surface area contributed by atoms with Crippen LogP contribution in [0.25, 0.3) is 0 Å². The van der Waals surface area contributed by atoms with Crippen molar-refractivity contribution in [1.29, 1.82) is 0 Å². The summed E-state index contributed by atoms with van der Waals surface area (Å²) in [5.41, 5.74) is 3.64. The summed E-state index contributed by atoms with van der Waals surface area (Å²) < 4.78 is 5.96. The standard InChI is InChI=1S/C29H30N2O5/c1-18-26(29(33)36-23-10-6-3-7-11-23)27(20-12-14-22(15-13-20)31(34)35)28-24(30-18)16-21(17-25(28)32)19-8-4-2-5-9-19/h2,4-5,8-9,12-15,21,23,26-27H,3,6-7,10-11,16-17H2,1H3/t21-,26?,27-/m0/s1. The van der Waals surface area contributed by atoms with Crippen LogP contribution in [0.5, 0.6) is 0 Å². The third-order valence-electron chi connectivity index (χ3n) is 7.71. The van der Waals surface area contributed by atoms with Crippen molar-refractivity contribution in [3.05, 3.63) is 87.1 Å². The first-order chi connectivity index (χ1) is 17.4. The molecule has 0 amide bonds. The van der Waals surface area contributed by atoms with E-state index in [0.717, 1.165) is 37.7 Å². The van der Waals surface area contributed by atoms with Gasteiger partial charge in [0, 0.05) is 41.5 Å². The molecule has 0 N–H and O–H groups in total. The number of allylic oxidation sites excluding steroid dienone is 2. The van der Waals surface area contributed by atoms with E-state index in [1.165, 1.54) is 12.1 Å². The smallest absolute Gasteiger partial charge is 0.315 e. The fourth-order valence-corrected chi connectivity index (χ4v) is 5.91. The Morgan fingerprint density at radius 3 is 2.33 bits per heavy atom. The Morgan fingerprint density at radius 2 is 1.67 bits per heavy atom. The van der Waals surface area contributed by atoms with Crippen LogP contribution < -0.4 is 0 Å². The number of rotatable bonds is 5. The predicted molar refractivity (Wildman–Crippen MR) is 136 cm³/mol. The van der Waals surface area contributed by atoms with Gasteiger partial charge in [-0.1, -0.05) is 48.9 Å². The molecule has 2 aromatic carbocycles. The second-order valence-corrected chi connectivity index (χ2v) is 10.1. The number of ketones is 1. The van der Waals surface area contributed by atoms with Crippen LogP contribution in [-0.4, -0.2) is 28.5 Å². The van der Waals surface area contributed by atoms with Crippen molar-refractivity contribution in [2.24, 2.45) is 10.9 Å². The third kappa shape index (κ3) is 4.74. The minimum atomic E-state index is -0.732. The number of aliphatic imine (C=N–C) groups is 1. The minimum Gasteiger partial charge on any atom is -0.462 e. The number of esters is 1. The number of carbonyl (C=O) groups is 2. The number of nitrogens with zero attached hydrogens (tertiary/aromatic N) is 2. The predicted octanol–water partition coefficient (Wildman–Crippen LogP) is 6.05. The second kappa shape index (κ2) is 10.2. The molecule has 7 heteroatoms. The lowest BCUT2D eigenvalue weighted by Gasteiger charge is -2.37. The Morgan fingerprint density at radius 1 is 0.972 bits per heavy atom. The number of benzene rings is 2. The van der Waals surface area contributed by atoms with Gasteiger partial charge in [0.05, 0.1) is 4.92 Å². The van der Waals surface area contributed by atoms with Crippen LogP contribution in [0.3, 0.4) is 0 Å². The van der Waals surface area contributed by atoms with E-state index in [1.807, 2.05) is 37.3 Å². The molecule has 0 bridgehead atoms. The van der Waals surface area contributed by atoms with Gasteiger partial charge < -0.3 is 4.74 Å². The molecule has 36 heavy (non-hydrogen) atoms.